The Bertz CT molecular complexity index is 1080. The predicted octanol–water partition coefficient (Wildman–Crippen LogP) is 3.99. The van der Waals surface area contributed by atoms with Gasteiger partial charge in [-0.15, -0.1) is 0 Å². The summed E-state index contributed by atoms with van der Waals surface area (Å²) in [6.07, 6.45) is 1.09. The third kappa shape index (κ3) is 4.74. The average molecular weight is 417 g/mol. The second-order valence-corrected chi connectivity index (χ2v) is 6.26. The van der Waals surface area contributed by atoms with Gasteiger partial charge in [0, 0.05) is 16.3 Å². The normalized spacial score (nSPS) is 10.3. The van der Waals surface area contributed by atoms with Crippen molar-refractivity contribution in [2.24, 2.45) is 0 Å². The van der Waals surface area contributed by atoms with Crippen LogP contribution in [0.4, 0.5) is 27.4 Å². The van der Waals surface area contributed by atoms with E-state index in [1.54, 1.807) is 18.2 Å². The average Bonchev–Trinajstić information content (AvgIpc) is 2.69. The Morgan fingerprint density at radius 1 is 1.14 bits per heavy atom. The Morgan fingerprint density at radius 2 is 1.83 bits per heavy atom. The van der Waals surface area contributed by atoms with Gasteiger partial charge in [0.05, 0.1) is 4.92 Å². The molecule has 0 bridgehead atoms. The molecule has 0 saturated heterocycles. The third-order valence-corrected chi connectivity index (χ3v) is 4.25. The summed E-state index contributed by atoms with van der Waals surface area (Å²) < 4.78 is 13.0. The molecule has 0 saturated carbocycles. The number of hydrogen-bond donors (Lipinski definition) is 3. The number of aryl methyl sites for hydroxylation is 1. The molecule has 0 atom stereocenters. The lowest BCUT2D eigenvalue weighted by Gasteiger charge is -2.11. The van der Waals surface area contributed by atoms with Crippen LogP contribution >= 0.6 is 11.6 Å². The van der Waals surface area contributed by atoms with Crippen LogP contribution in [0.1, 0.15) is 15.9 Å². The number of anilines is 3. The number of halogens is 2. The Morgan fingerprint density at radius 3 is 2.48 bits per heavy atom. The number of amides is 1. The minimum absolute atomic E-state index is 0.0940. The summed E-state index contributed by atoms with van der Waals surface area (Å²) in [6.45, 7) is 1.82. The number of nitrogens with zero attached hydrogens (tertiary/aromatic N) is 3. The first-order valence-electron chi connectivity index (χ1n) is 8.19. The molecule has 1 aromatic heterocycles. The minimum Gasteiger partial charge on any atom is -0.334 e. The first-order chi connectivity index (χ1) is 13.8. The van der Waals surface area contributed by atoms with E-state index in [9.17, 15) is 19.3 Å². The SMILES string of the molecule is Cc1ccc(Nc2ncnc(NNC(=O)c3ccc(F)cc3)c2[N+](=O)[O-])cc1Cl. The lowest BCUT2D eigenvalue weighted by atomic mass is 10.2. The van der Waals surface area contributed by atoms with Crippen molar-refractivity contribution < 1.29 is 14.1 Å². The topological polar surface area (TPSA) is 122 Å². The van der Waals surface area contributed by atoms with E-state index in [-0.39, 0.29) is 17.2 Å². The van der Waals surface area contributed by atoms with Gasteiger partial charge in [-0.05, 0) is 48.9 Å². The van der Waals surface area contributed by atoms with Crippen LogP contribution in [0.3, 0.4) is 0 Å². The molecule has 1 heterocycles. The lowest BCUT2D eigenvalue weighted by molar-refractivity contribution is -0.383. The lowest BCUT2D eigenvalue weighted by Crippen LogP contribution is -2.30. The molecule has 2 aromatic carbocycles. The monoisotopic (exact) mass is 416 g/mol. The molecule has 3 aromatic rings. The molecule has 9 nitrogen and oxygen atoms in total. The van der Waals surface area contributed by atoms with Crippen LogP contribution < -0.4 is 16.2 Å². The van der Waals surface area contributed by atoms with Gasteiger partial charge in [0.1, 0.15) is 12.1 Å². The minimum atomic E-state index is -0.690. The van der Waals surface area contributed by atoms with Crippen molar-refractivity contribution in [2.45, 2.75) is 6.92 Å². The fourth-order valence-corrected chi connectivity index (χ4v) is 2.51. The maximum Gasteiger partial charge on any atom is 0.355 e. The van der Waals surface area contributed by atoms with Crippen LogP contribution in [0.25, 0.3) is 0 Å². The summed E-state index contributed by atoms with van der Waals surface area (Å²) in [5, 5.41) is 14.9. The number of carbonyl (C=O) groups is 1. The molecule has 0 aliphatic heterocycles. The molecular weight excluding hydrogens is 403 g/mol. The van der Waals surface area contributed by atoms with Gasteiger partial charge in [-0.1, -0.05) is 17.7 Å². The number of aromatic nitrogens is 2. The van der Waals surface area contributed by atoms with Gasteiger partial charge in [0.2, 0.25) is 11.6 Å². The fraction of sp³-hybridized carbons (Fsp3) is 0.0556. The van der Waals surface area contributed by atoms with Gasteiger partial charge in [-0.3, -0.25) is 25.8 Å². The molecular formula is C18H14ClFN6O3. The van der Waals surface area contributed by atoms with E-state index in [0.29, 0.717) is 10.7 Å². The summed E-state index contributed by atoms with van der Waals surface area (Å²) in [5.41, 5.74) is 5.69. The number of benzene rings is 2. The number of rotatable bonds is 6. The van der Waals surface area contributed by atoms with Gasteiger partial charge >= 0.3 is 5.69 Å². The maximum atomic E-state index is 13.0. The Balaban J connectivity index is 1.82. The van der Waals surface area contributed by atoms with Gasteiger partial charge in [0.15, 0.2) is 0 Å². The highest BCUT2D eigenvalue weighted by molar-refractivity contribution is 6.31. The molecule has 0 aliphatic rings. The standard InChI is InChI=1S/C18H14ClFN6O3/c1-10-2-7-13(8-14(10)19)23-16-15(26(28)29)17(22-9-21-16)24-25-18(27)11-3-5-12(20)6-4-11/h2-9H,1H3,(H,25,27)(H2,21,22,23,24). The highest BCUT2D eigenvalue weighted by Gasteiger charge is 2.24. The van der Waals surface area contributed by atoms with E-state index in [4.69, 9.17) is 11.6 Å². The molecule has 0 radical (unpaired) electrons. The first kappa shape index (κ1) is 20.0. The zero-order chi connectivity index (χ0) is 21.0. The highest BCUT2D eigenvalue weighted by atomic mass is 35.5. The van der Waals surface area contributed by atoms with Crippen molar-refractivity contribution in [3.8, 4) is 0 Å². The van der Waals surface area contributed by atoms with E-state index in [0.717, 1.165) is 24.0 Å². The van der Waals surface area contributed by atoms with Crippen molar-refractivity contribution in [1.29, 1.82) is 0 Å². The maximum absolute atomic E-state index is 13.0. The largest absolute Gasteiger partial charge is 0.355 e. The van der Waals surface area contributed by atoms with Gasteiger partial charge < -0.3 is 5.32 Å². The number of nitro groups is 1. The molecule has 3 N–H and O–H groups in total. The van der Waals surface area contributed by atoms with Gasteiger partial charge in [-0.2, -0.15) is 0 Å². The van der Waals surface area contributed by atoms with Crippen LogP contribution in [-0.4, -0.2) is 20.8 Å². The molecule has 0 fully saturated rings. The smallest absolute Gasteiger partial charge is 0.334 e. The van der Waals surface area contributed by atoms with Crippen molar-refractivity contribution in [3.63, 3.8) is 0 Å². The number of carbonyl (C=O) groups excluding carboxylic acids is 1. The molecule has 1 amide bonds. The van der Waals surface area contributed by atoms with Crippen molar-refractivity contribution >= 4 is 40.5 Å². The van der Waals surface area contributed by atoms with Gasteiger partial charge in [-0.25, -0.2) is 14.4 Å². The van der Waals surface area contributed by atoms with Crippen molar-refractivity contribution in [3.05, 3.63) is 80.9 Å². The van der Waals surface area contributed by atoms with Crippen LogP contribution in [-0.2, 0) is 0 Å². The van der Waals surface area contributed by atoms with E-state index < -0.39 is 22.3 Å². The van der Waals surface area contributed by atoms with Crippen LogP contribution in [0.5, 0.6) is 0 Å². The summed E-state index contributed by atoms with van der Waals surface area (Å²) in [5.74, 6) is -1.45. The first-order valence-corrected chi connectivity index (χ1v) is 8.57. The zero-order valence-electron chi connectivity index (χ0n) is 14.9. The zero-order valence-corrected chi connectivity index (χ0v) is 15.7. The molecule has 11 heteroatoms. The fourth-order valence-electron chi connectivity index (χ4n) is 2.33. The molecule has 0 spiro atoms. The van der Waals surface area contributed by atoms with Crippen molar-refractivity contribution in [2.75, 3.05) is 10.7 Å². The van der Waals surface area contributed by atoms with E-state index in [2.05, 4.69) is 26.1 Å². The van der Waals surface area contributed by atoms with Crippen LogP contribution in [0.2, 0.25) is 5.02 Å². The number of nitrogens with one attached hydrogen (secondary N) is 3. The second kappa shape index (κ2) is 8.48. The van der Waals surface area contributed by atoms with E-state index in [1.807, 2.05) is 6.92 Å². The van der Waals surface area contributed by atoms with Crippen LogP contribution in [0.15, 0.2) is 48.8 Å². The Kier molecular flexibility index (Phi) is 5.84. The summed E-state index contributed by atoms with van der Waals surface area (Å²) in [6, 6.07) is 9.83. The van der Waals surface area contributed by atoms with Crippen LogP contribution in [0, 0.1) is 22.9 Å². The second-order valence-electron chi connectivity index (χ2n) is 5.85. The Labute approximate surface area is 169 Å². The third-order valence-electron chi connectivity index (χ3n) is 3.84. The van der Waals surface area contributed by atoms with E-state index in [1.165, 1.54) is 12.1 Å². The highest BCUT2D eigenvalue weighted by Crippen LogP contribution is 2.31. The van der Waals surface area contributed by atoms with Gasteiger partial charge in [0.25, 0.3) is 5.91 Å². The molecule has 29 heavy (non-hydrogen) atoms. The summed E-state index contributed by atoms with van der Waals surface area (Å²) in [4.78, 5) is 30.7. The molecule has 3 rings (SSSR count). The molecule has 0 aliphatic carbocycles. The quantitative estimate of drug-likeness (QED) is 0.410. The number of hydrazine groups is 1. The molecule has 0 unspecified atom stereocenters. The summed E-state index contributed by atoms with van der Waals surface area (Å²) in [7, 11) is 0. The predicted molar refractivity (Wildman–Crippen MR) is 106 cm³/mol. The number of hydrogen-bond acceptors (Lipinski definition) is 7. The Hall–Kier alpha value is -3.79. The molecule has 148 valence electrons. The van der Waals surface area contributed by atoms with Crippen molar-refractivity contribution in [1.82, 2.24) is 15.4 Å². The summed E-state index contributed by atoms with van der Waals surface area (Å²) >= 11 is 6.08. The van der Waals surface area contributed by atoms with E-state index >= 15 is 0 Å².